The standard InChI is InChI=1S/C13H12N2O4S/c1-3-19-13(16)12-11(14-8(2)20-12)9-5-4-6-10(7-9)15(17)18/h4-7H,3H2,1-2H3. The van der Waals surface area contributed by atoms with Gasteiger partial charge in [0, 0.05) is 17.7 Å². The topological polar surface area (TPSA) is 82.3 Å². The Morgan fingerprint density at radius 1 is 1.50 bits per heavy atom. The van der Waals surface area contributed by atoms with Crippen LogP contribution in [0.15, 0.2) is 24.3 Å². The summed E-state index contributed by atoms with van der Waals surface area (Å²) >= 11 is 1.22. The van der Waals surface area contributed by atoms with E-state index in [4.69, 9.17) is 4.74 Å². The second-order valence-corrected chi connectivity index (χ2v) is 5.14. The first-order valence-corrected chi connectivity index (χ1v) is 6.74. The molecule has 7 heteroatoms. The van der Waals surface area contributed by atoms with Gasteiger partial charge in [-0.1, -0.05) is 12.1 Å². The number of nitro benzene ring substituents is 1. The van der Waals surface area contributed by atoms with Crippen LogP contribution in [0.1, 0.15) is 21.6 Å². The highest BCUT2D eigenvalue weighted by atomic mass is 32.1. The summed E-state index contributed by atoms with van der Waals surface area (Å²) in [7, 11) is 0. The number of thiazole rings is 1. The Hall–Kier alpha value is -2.28. The predicted molar refractivity (Wildman–Crippen MR) is 74.9 cm³/mol. The second-order valence-electron chi connectivity index (χ2n) is 3.94. The zero-order valence-corrected chi connectivity index (χ0v) is 11.8. The number of carbonyl (C=O) groups is 1. The number of hydrogen-bond acceptors (Lipinski definition) is 6. The van der Waals surface area contributed by atoms with Crippen LogP contribution in [0.25, 0.3) is 11.3 Å². The molecule has 20 heavy (non-hydrogen) atoms. The van der Waals surface area contributed by atoms with Crippen molar-refractivity contribution in [2.45, 2.75) is 13.8 Å². The molecule has 6 nitrogen and oxygen atoms in total. The van der Waals surface area contributed by atoms with Crippen molar-refractivity contribution in [1.29, 1.82) is 0 Å². The Kier molecular flexibility index (Phi) is 4.09. The van der Waals surface area contributed by atoms with Crippen LogP contribution < -0.4 is 0 Å². The lowest BCUT2D eigenvalue weighted by atomic mass is 10.1. The number of esters is 1. The van der Waals surface area contributed by atoms with E-state index in [9.17, 15) is 14.9 Å². The van der Waals surface area contributed by atoms with E-state index in [1.807, 2.05) is 0 Å². The molecule has 0 aliphatic rings. The lowest BCUT2D eigenvalue weighted by Crippen LogP contribution is -2.04. The molecule has 0 N–H and O–H groups in total. The minimum Gasteiger partial charge on any atom is -0.462 e. The molecule has 0 fully saturated rings. The number of ether oxygens (including phenoxy) is 1. The Labute approximate surface area is 119 Å². The zero-order chi connectivity index (χ0) is 14.7. The fraction of sp³-hybridized carbons (Fsp3) is 0.231. The zero-order valence-electron chi connectivity index (χ0n) is 11.0. The van der Waals surface area contributed by atoms with E-state index in [1.54, 1.807) is 26.0 Å². The molecule has 1 aromatic carbocycles. The van der Waals surface area contributed by atoms with Gasteiger partial charge in [-0.2, -0.15) is 0 Å². The highest BCUT2D eigenvalue weighted by Crippen LogP contribution is 2.30. The van der Waals surface area contributed by atoms with Gasteiger partial charge in [0.1, 0.15) is 4.88 Å². The monoisotopic (exact) mass is 292 g/mol. The van der Waals surface area contributed by atoms with Crippen molar-refractivity contribution >= 4 is 23.0 Å². The maximum absolute atomic E-state index is 11.9. The summed E-state index contributed by atoms with van der Waals surface area (Å²) in [5.41, 5.74) is 0.921. The van der Waals surface area contributed by atoms with Gasteiger partial charge < -0.3 is 4.74 Å². The molecule has 0 saturated carbocycles. The molecule has 0 amide bonds. The van der Waals surface area contributed by atoms with Gasteiger partial charge in [-0.3, -0.25) is 10.1 Å². The summed E-state index contributed by atoms with van der Waals surface area (Å²) in [6.07, 6.45) is 0. The number of nitrogens with zero attached hydrogens (tertiary/aromatic N) is 2. The van der Waals surface area contributed by atoms with Gasteiger partial charge in [0.15, 0.2) is 0 Å². The minimum atomic E-state index is -0.479. The molecule has 0 unspecified atom stereocenters. The number of hydrogen-bond donors (Lipinski definition) is 0. The largest absolute Gasteiger partial charge is 0.462 e. The molecule has 2 rings (SSSR count). The van der Waals surface area contributed by atoms with E-state index in [0.29, 0.717) is 21.1 Å². The van der Waals surface area contributed by atoms with Crippen molar-refractivity contribution in [3.8, 4) is 11.3 Å². The average Bonchev–Trinajstić information content (AvgIpc) is 2.81. The van der Waals surface area contributed by atoms with Gasteiger partial charge >= 0.3 is 5.97 Å². The van der Waals surface area contributed by atoms with E-state index in [0.717, 1.165) is 0 Å². The molecule has 1 heterocycles. The van der Waals surface area contributed by atoms with E-state index in [2.05, 4.69) is 4.98 Å². The van der Waals surface area contributed by atoms with Crippen LogP contribution in [0.2, 0.25) is 0 Å². The smallest absolute Gasteiger partial charge is 0.350 e. The van der Waals surface area contributed by atoms with Crippen LogP contribution in [0.3, 0.4) is 0 Å². The summed E-state index contributed by atoms with van der Waals surface area (Å²) < 4.78 is 4.98. The van der Waals surface area contributed by atoms with Gasteiger partial charge in [-0.05, 0) is 13.8 Å². The first-order chi connectivity index (χ1) is 9.52. The molecule has 0 bridgehead atoms. The van der Waals surface area contributed by atoms with Gasteiger partial charge in [0.05, 0.1) is 22.2 Å². The lowest BCUT2D eigenvalue weighted by molar-refractivity contribution is -0.384. The van der Waals surface area contributed by atoms with E-state index in [-0.39, 0.29) is 12.3 Å². The van der Waals surface area contributed by atoms with Crippen molar-refractivity contribution < 1.29 is 14.5 Å². The predicted octanol–water partition coefficient (Wildman–Crippen LogP) is 3.20. The summed E-state index contributed by atoms with van der Waals surface area (Å²) in [5, 5.41) is 11.5. The highest BCUT2D eigenvalue weighted by Gasteiger charge is 2.20. The molecule has 2 aromatic rings. The fourth-order valence-corrected chi connectivity index (χ4v) is 2.56. The van der Waals surface area contributed by atoms with E-state index in [1.165, 1.54) is 23.5 Å². The summed E-state index contributed by atoms with van der Waals surface area (Å²) in [4.78, 5) is 26.9. The molecule has 104 valence electrons. The molecule has 0 radical (unpaired) electrons. The molecule has 0 saturated heterocycles. The first-order valence-electron chi connectivity index (χ1n) is 5.92. The minimum absolute atomic E-state index is 0.0389. The van der Waals surface area contributed by atoms with Crippen LogP contribution >= 0.6 is 11.3 Å². The molecule has 1 aromatic heterocycles. The van der Waals surface area contributed by atoms with E-state index < -0.39 is 10.9 Å². The number of rotatable bonds is 4. The maximum atomic E-state index is 11.9. The first kappa shape index (κ1) is 14.1. The number of aromatic nitrogens is 1. The van der Waals surface area contributed by atoms with Gasteiger partial charge in [0.25, 0.3) is 5.69 Å². The summed E-state index contributed by atoms with van der Waals surface area (Å²) in [6.45, 7) is 3.76. The number of carbonyl (C=O) groups excluding carboxylic acids is 1. The highest BCUT2D eigenvalue weighted by molar-refractivity contribution is 7.14. The van der Waals surface area contributed by atoms with Crippen LogP contribution in [0.4, 0.5) is 5.69 Å². The molecule has 0 aliphatic carbocycles. The quantitative estimate of drug-likeness (QED) is 0.491. The lowest BCUT2D eigenvalue weighted by Gasteiger charge is -2.02. The van der Waals surface area contributed by atoms with Gasteiger partial charge in [0.2, 0.25) is 0 Å². The van der Waals surface area contributed by atoms with Crippen molar-refractivity contribution in [2.24, 2.45) is 0 Å². The van der Waals surface area contributed by atoms with Gasteiger partial charge in [-0.15, -0.1) is 11.3 Å². The second kappa shape index (κ2) is 5.79. The third-order valence-electron chi connectivity index (χ3n) is 2.53. The SMILES string of the molecule is CCOC(=O)c1sc(C)nc1-c1cccc([N+](=O)[O-])c1. The van der Waals surface area contributed by atoms with Crippen LogP contribution in [0.5, 0.6) is 0 Å². The molecular weight excluding hydrogens is 280 g/mol. The van der Waals surface area contributed by atoms with Crippen LogP contribution in [-0.2, 0) is 4.74 Å². The summed E-state index contributed by atoms with van der Waals surface area (Å²) in [6, 6.07) is 6.05. The number of aryl methyl sites for hydroxylation is 1. The third kappa shape index (κ3) is 2.83. The van der Waals surface area contributed by atoms with Crippen molar-refractivity contribution in [3.63, 3.8) is 0 Å². The maximum Gasteiger partial charge on any atom is 0.350 e. The Morgan fingerprint density at radius 2 is 2.25 bits per heavy atom. The van der Waals surface area contributed by atoms with Crippen molar-refractivity contribution in [1.82, 2.24) is 4.98 Å². The van der Waals surface area contributed by atoms with Crippen LogP contribution in [-0.4, -0.2) is 22.5 Å². The van der Waals surface area contributed by atoms with Crippen molar-refractivity contribution in [2.75, 3.05) is 6.61 Å². The Morgan fingerprint density at radius 3 is 2.90 bits per heavy atom. The van der Waals surface area contributed by atoms with E-state index >= 15 is 0 Å². The molecule has 0 atom stereocenters. The number of benzene rings is 1. The normalized spacial score (nSPS) is 10.3. The third-order valence-corrected chi connectivity index (χ3v) is 3.48. The molecular formula is C13H12N2O4S. The number of nitro groups is 1. The molecule has 0 aliphatic heterocycles. The summed E-state index contributed by atoms with van der Waals surface area (Å²) in [5.74, 6) is -0.459. The Balaban J connectivity index is 2.49. The Bertz CT molecular complexity index is 666. The van der Waals surface area contributed by atoms with Gasteiger partial charge in [-0.25, -0.2) is 9.78 Å². The van der Waals surface area contributed by atoms with Crippen molar-refractivity contribution in [3.05, 3.63) is 44.3 Å². The fourth-order valence-electron chi connectivity index (χ4n) is 1.72. The average molecular weight is 292 g/mol. The molecule has 0 spiro atoms. The number of non-ortho nitro benzene ring substituents is 1. The van der Waals surface area contributed by atoms with Crippen LogP contribution in [0, 0.1) is 17.0 Å².